The highest BCUT2D eigenvalue weighted by Gasteiger charge is 2.32. The van der Waals surface area contributed by atoms with Crippen LogP contribution in [0.3, 0.4) is 0 Å². The zero-order valence-electron chi connectivity index (χ0n) is 15.9. The van der Waals surface area contributed by atoms with Crippen LogP contribution in [-0.4, -0.2) is 49.7 Å². The molecule has 0 spiro atoms. The van der Waals surface area contributed by atoms with E-state index in [9.17, 15) is 8.42 Å². The van der Waals surface area contributed by atoms with Crippen LogP contribution in [0.2, 0.25) is 0 Å². The van der Waals surface area contributed by atoms with E-state index in [1.807, 2.05) is 12.1 Å². The lowest BCUT2D eigenvalue weighted by atomic mass is 9.96. The summed E-state index contributed by atoms with van der Waals surface area (Å²) in [6.07, 6.45) is 5.59. The van der Waals surface area contributed by atoms with E-state index < -0.39 is 10.0 Å². The SMILES string of the molecule is O=S(=O)(c1cccc2nsnc12)N1CCCC(Cc2noc(-c3cccnc3)n2)C1. The predicted octanol–water partition coefficient (Wildman–Crippen LogP) is 2.78. The number of piperidine rings is 1. The molecule has 11 heteroatoms. The maximum absolute atomic E-state index is 13.3. The first-order valence-corrected chi connectivity index (χ1v) is 11.7. The van der Waals surface area contributed by atoms with Gasteiger partial charge in [-0.25, -0.2) is 8.42 Å². The smallest absolute Gasteiger partial charge is 0.259 e. The first-order valence-electron chi connectivity index (χ1n) is 9.56. The molecule has 1 atom stereocenters. The highest BCUT2D eigenvalue weighted by molar-refractivity contribution is 7.89. The van der Waals surface area contributed by atoms with E-state index in [2.05, 4.69) is 23.9 Å². The number of aromatic nitrogens is 5. The molecule has 3 aromatic heterocycles. The van der Waals surface area contributed by atoms with Gasteiger partial charge in [0.15, 0.2) is 5.82 Å². The van der Waals surface area contributed by atoms with E-state index in [0.29, 0.717) is 42.3 Å². The Hall–Kier alpha value is -2.76. The third-order valence-corrected chi connectivity index (χ3v) is 7.64. The Labute approximate surface area is 177 Å². The van der Waals surface area contributed by atoms with Crippen molar-refractivity contribution in [3.05, 3.63) is 48.5 Å². The van der Waals surface area contributed by atoms with E-state index in [1.54, 1.807) is 30.6 Å². The van der Waals surface area contributed by atoms with Gasteiger partial charge in [-0.15, -0.1) is 0 Å². The summed E-state index contributed by atoms with van der Waals surface area (Å²) in [4.78, 5) is 8.73. The molecule has 4 heterocycles. The molecule has 0 saturated carbocycles. The fourth-order valence-electron chi connectivity index (χ4n) is 3.74. The Kier molecular flexibility index (Phi) is 5.01. The van der Waals surface area contributed by atoms with Crippen LogP contribution >= 0.6 is 11.7 Å². The van der Waals surface area contributed by atoms with Crippen molar-refractivity contribution >= 4 is 32.8 Å². The van der Waals surface area contributed by atoms with Crippen molar-refractivity contribution in [3.8, 4) is 11.5 Å². The number of rotatable bonds is 5. The second kappa shape index (κ2) is 7.82. The molecular weight excluding hydrogens is 424 g/mol. The number of fused-ring (bicyclic) bond motifs is 1. The van der Waals surface area contributed by atoms with E-state index in [-0.39, 0.29) is 10.8 Å². The molecule has 1 aliphatic heterocycles. The Balaban J connectivity index is 1.34. The molecule has 9 nitrogen and oxygen atoms in total. The van der Waals surface area contributed by atoms with Crippen LogP contribution in [0, 0.1) is 5.92 Å². The summed E-state index contributed by atoms with van der Waals surface area (Å²) in [7, 11) is -3.66. The first-order chi connectivity index (χ1) is 14.6. The first kappa shape index (κ1) is 19.2. The standard InChI is InChI=1S/C19H18N6O3S2/c26-30(27,16-7-1-6-15-18(16)24-29-23-15)25-9-3-4-13(12-25)10-17-21-19(28-22-17)14-5-2-8-20-11-14/h1-2,5-8,11,13H,3-4,9-10,12H2. The summed E-state index contributed by atoms with van der Waals surface area (Å²) in [5, 5.41) is 4.07. The third kappa shape index (κ3) is 3.59. The van der Waals surface area contributed by atoms with Crippen LogP contribution in [0.5, 0.6) is 0 Å². The van der Waals surface area contributed by atoms with Gasteiger partial charge in [0.2, 0.25) is 10.0 Å². The zero-order valence-corrected chi connectivity index (χ0v) is 17.5. The van der Waals surface area contributed by atoms with Gasteiger partial charge in [-0.05, 0) is 43.0 Å². The summed E-state index contributed by atoms with van der Waals surface area (Å²) in [6, 6.07) is 8.74. The lowest BCUT2D eigenvalue weighted by Gasteiger charge is -2.31. The van der Waals surface area contributed by atoms with Crippen LogP contribution < -0.4 is 0 Å². The molecule has 1 saturated heterocycles. The van der Waals surface area contributed by atoms with Gasteiger partial charge in [0.25, 0.3) is 5.89 Å². The topological polar surface area (TPSA) is 115 Å². The lowest BCUT2D eigenvalue weighted by Crippen LogP contribution is -2.40. The number of hydrogen-bond donors (Lipinski definition) is 0. The summed E-state index contributed by atoms with van der Waals surface area (Å²) >= 11 is 1.02. The van der Waals surface area contributed by atoms with Crippen molar-refractivity contribution in [2.75, 3.05) is 13.1 Å². The molecule has 0 amide bonds. The Morgan fingerprint density at radius 3 is 3.00 bits per heavy atom. The Morgan fingerprint density at radius 2 is 2.13 bits per heavy atom. The van der Waals surface area contributed by atoms with Crippen molar-refractivity contribution in [1.29, 1.82) is 0 Å². The minimum absolute atomic E-state index is 0.112. The van der Waals surface area contributed by atoms with Gasteiger partial charge >= 0.3 is 0 Å². The molecule has 30 heavy (non-hydrogen) atoms. The number of pyridine rings is 1. The molecular formula is C19H18N6O3S2. The van der Waals surface area contributed by atoms with Crippen molar-refractivity contribution in [2.24, 2.45) is 5.92 Å². The maximum atomic E-state index is 13.3. The van der Waals surface area contributed by atoms with E-state index in [4.69, 9.17) is 4.52 Å². The normalized spacial score (nSPS) is 18.1. The highest BCUT2D eigenvalue weighted by atomic mass is 32.2. The zero-order chi connectivity index (χ0) is 20.6. The van der Waals surface area contributed by atoms with Gasteiger partial charge in [0.1, 0.15) is 15.9 Å². The molecule has 0 radical (unpaired) electrons. The van der Waals surface area contributed by atoms with Gasteiger partial charge in [-0.2, -0.15) is 18.0 Å². The van der Waals surface area contributed by atoms with Crippen molar-refractivity contribution < 1.29 is 12.9 Å². The molecule has 0 bridgehead atoms. The number of nitrogens with zero attached hydrogens (tertiary/aromatic N) is 6. The summed E-state index contributed by atoms with van der Waals surface area (Å²) in [6.45, 7) is 0.896. The Morgan fingerprint density at radius 1 is 1.20 bits per heavy atom. The van der Waals surface area contributed by atoms with Crippen LogP contribution in [0.25, 0.3) is 22.5 Å². The minimum Gasteiger partial charge on any atom is -0.334 e. The minimum atomic E-state index is -3.66. The van der Waals surface area contributed by atoms with Crippen molar-refractivity contribution in [2.45, 2.75) is 24.2 Å². The number of sulfonamides is 1. The molecule has 1 aliphatic rings. The maximum Gasteiger partial charge on any atom is 0.259 e. The second-order valence-corrected chi connectivity index (χ2v) is 9.66. The van der Waals surface area contributed by atoms with Gasteiger partial charge in [0, 0.05) is 31.9 Å². The van der Waals surface area contributed by atoms with Crippen LogP contribution in [0.4, 0.5) is 0 Å². The second-order valence-electron chi connectivity index (χ2n) is 7.22. The molecule has 1 aromatic carbocycles. The van der Waals surface area contributed by atoms with Crippen LogP contribution in [-0.2, 0) is 16.4 Å². The third-order valence-electron chi connectivity index (χ3n) is 5.20. The predicted molar refractivity (Wildman–Crippen MR) is 110 cm³/mol. The van der Waals surface area contributed by atoms with Gasteiger partial charge in [-0.1, -0.05) is 11.2 Å². The number of hydrogen-bond acceptors (Lipinski definition) is 9. The summed E-state index contributed by atoms with van der Waals surface area (Å²) in [5.74, 6) is 1.10. The van der Waals surface area contributed by atoms with Crippen molar-refractivity contribution in [1.82, 2.24) is 28.2 Å². The summed E-state index contributed by atoms with van der Waals surface area (Å²) in [5.41, 5.74) is 1.79. The van der Waals surface area contributed by atoms with Crippen molar-refractivity contribution in [3.63, 3.8) is 0 Å². The van der Waals surface area contributed by atoms with E-state index in [1.165, 1.54) is 4.31 Å². The monoisotopic (exact) mass is 442 g/mol. The quantitative estimate of drug-likeness (QED) is 0.463. The van der Waals surface area contributed by atoms with Crippen LogP contribution in [0.15, 0.2) is 52.1 Å². The van der Waals surface area contributed by atoms with Gasteiger partial charge < -0.3 is 4.52 Å². The fraction of sp³-hybridized carbons (Fsp3) is 0.316. The molecule has 1 fully saturated rings. The lowest BCUT2D eigenvalue weighted by molar-refractivity contribution is 0.261. The number of benzene rings is 1. The van der Waals surface area contributed by atoms with Gasteiger partial charge in [-0.3, -0.25) is 4.98 Å². The molecule has 0 N–H and O–H groups in total. The molecule has 154 valence electrons. The largest absolute Gasteiger partial charge is 0.334 e. The molecule has 4 aromatic rings. The Bertz CT molecular complexity index is 1270. The average molecular weight is 443 g/mol. The van der Waals surface area contributed by atoms with E-state index in [0.717, 1.165) is 30.1 Å². The van der Waals surface area contributed by atoms with E-state index >= 15 is 0 Å². The molecule has 1 unspecified atom stereocenters. The van der Waals surface area contributed by atoms with Crippen LogP contribution in [0.1, 0.15) is 18.7 Å². The highest BCUT2D eigenvalue weighted by Crippen LogP contribution is 2.29. The summed E-state index contributed by atoms with van der Waals surface area (Å²) < 4.78 is 41.8. The fourth-order valence-corrected chi connectivity index (χ4v) is 6.05. The average Bonchev–Trinajstić information content (AvgIpc) is 3.44. The van der Waals surface area contributed by atoms with Gasteiger partial charge in [0.05, 0.1) is 17.3 Å². The molecule has 5 rings (SSSR count). The molecule has 0 aliphatic carbocycles.